The lowest BCUT2D eigenvalue weighted by Gasteiger charge is -2.35. The molecule has 0 aliphatic carbocycles. The van der Waals surface area contributed by atoms with Crippen LogP contribution in [0.4, 0.5) is 10.2 Å². The minimum absolute atomic E-state index is 0.0262. The fourth-order valence-corrected chi connectivity index (χ4v) is 6.86. The van der Waals surface area contributed by atoms with Gasteiger partial charge in [0, 0.05) is 44.2 Å². The van der Waals surface area contributed by atoms with E-state index >= 15 is 0 Å². The maximum absolute atomic E-state index is 14.6. The maximum atomic E-state index is 14.6. The van der Waals surface area contributed by atoms with Gasteiger partial charge < -0.3 is 14.5 Å². The monoisotopic (exact) mass is 613 g/mol. The Kier molecular flexibility index (Phi) is 8.38. The molecular weight excluding hydrogens is 581 g/mol. The average molecular weight is 614 g/mol. The van der Waals surface area contributed by atoms with E-state index < -0.39 is 5.25 Å². The highest BCUT2D eigenvalue weighted by molar-refractivity contribution is 8.00. The zero-order chi connectivity index (χ0) is 30.8. The number of methoxy groups -OCH3 is 1. The average Bonchev–Trinajstić information content (AvgIpc) is 3.37. The first-order valence-corrected chi connectivity index (χ1v) is 15.4. The molecule has 4 aromatic rings. The molecule has 3 heterocycles. The SMILES string of the molecule is COc1ccc(-n2nc(-c3ccccc3)c3c2N(CC(=O)N2CCN(C(C)=O)CC2)C(=O)CSC3c2cccc(F)c2)cc1. The maximum Gasteiger partial charge on any atom is 0.242 e. The third-order valence-electron chi connectivity index (χ3n) is 7.98. The lowest BCUT2D eigenvalue weighted by atomic mass is 9.99. The number of piperazine rings is 1. The molecule has 6 rings (SSSR count). The number of carbonyl (C=O) groups excluding carboxylic acids is 3. The zero-order valence-electron chi connectivity index (χ0n) is 24.5. The van der Waals surface area contributed by atoms with Gasteiger partial charge in [-0.3, -0.25) is 19.3 Å². The first-order chi connectivity index (χ1) is 21.3. The Morgan fingerprint density at radius 2 is 1.66 bits per heavy atom. The van der Waals surface area contributed by atoms with Gasteiger partial charge in [0.25, 0.3) is 0 Å². The van der Waals surface area contributed by atoms with Crippen LogP contribution in [0.2, 0.25) is 0 Å². The molecular formula is C33H32FN5O4S. The molecule has 2 aliphatic rings. The second-order valence-electron chi connectivity index (χ2n) is 10.7. The summed E-state index contributed by atoms with van der Waals surface area (Å²) in [5.41, 5.74) is 3.57. The minimum Gasteiger partial charge on any atom is -0.497 e. The predicted octanol–water partition coefficient (Wildman–Crippen LogP) is 4.55. The van der Waals surface area contributed by atoms with Crippen LogP contribution in [0.25, 0.3) is 16.9 Å². The number of nitrogens with zero attached hydrogens (tertiary/aromatic N) is 5. The van der Waals surface area contributed by atoms with E-state index in [1.807, 2.05) is 60.7 Å². The van der Waals surface area contributed by atoms with E-state index in [2.05, 4.69) is 0 Å². The van der Waals surface area contributed by atoms with Crippen LogP contribution >= 0.6 is 11.8 Å². The Morgan fingerprint density at radius 3 is 2.32 bits per heavy atom. The number of hydrogen-bond acceptors (Lipinski definition) is 6. The number of fused-ring (bicyclic) bond motifs is 1. The number of anilines is 1. The molecule has 0 bridgehead atoms. The molecule has 11 heteroatoms. The Morgan fingerprint density at radius 1 is 0.955 bits per heavy atom. The number of halogens is 1. The Bertz CT molecular complexity index is 1690. The lowest BCUT2D eigenvalue weighted by Crippen LogP contribution is -2.53. The van der Waals surface area contributed by atoms with Crippen LogP contribution in [0.5, 0.6) is 5.75 Å². The summed E-state index contributed by atoms with van der Waals surface area (Å²) in [7, 11) is 1.59. The molecule has 1 atom stereocenters. The van der Waals surface area contributed by atoms with Crippen molar-refractivity contribution in [2.45, 2.75) is 12.2 Å². The fourth-order valence-electron chi connectivity index (χ4n) is 5.67. The van der Waals surface area contributed by atoms with E-state index in [-0.39, 0.29) is 35.8 Å². The molecule has 9 nitrogen and oxygen atoms in total. The summed E-state index contributed by atoms with van der Waals surface area (Å²) in [6.07, 6.45) is 0. The van der Waals surface area contributed by atoms with Crippen LogP contribution in [0.3, 0.4) is 0 Å². The van der Waals surface area contributed by atoms with Gasteiger partial charge in [-0.2, -0.15) is 5.10 Å². The van der Waals surface area contributed by atoms with Gasteiger partial charge >= 0.3 is 0 Å². The zero-order valence-corrected chi connectivity index (χ0v) is 25.3. The van der Waals surface area contributed by atoms with Crippen LogP contribution in [0.1, 0.15) is 23.3 Å². The van der Waals surface area contributed by atoms with Gasteiger partial charge in [0.15, 0.2) is 0 Å². The molecule has 226 valence electrons. The first kappa shape index (κ1) is 29.4. The highest BCUT2D eigenvalue weighted by atomic mass is 32.2. The van der Waals surface area contributed by atoms with Crippen LogP contribution < -0.4 is 9.64 Å². The van der Waals surface area contributed by atoms with Crippen molar-refractivity contribution in [3.63, 3.8) is 0 Å². The fraction of sp³-hybridized carbons (Fsp3) is 0.273. The summed E-state index contributed by atoms with van der Waals surface area (Å²) in [5.74, 6) is 0.344. The molecule has 1 fully saturated rings. The summed E-state index contributed by atoms with van der Waals surface area (Å²) in [4.78, 5) is 44.5. The van der Waals surface area contributed by atoms with E-state index in [4.69, 9.17) is 9.84 Å². The summed E-state index contributed by atoms with van der Waals surface area (Å²) in [6.45, 7) is 2.99. The van der Waals surface area contributed by atoms with Crippen LogP contribution in [0, 0.1) is 5.82 Å². The molecule has 3 amide bonds. The van der Waals surface area contributed by atoms with E-state index in [9.17, 15) is 18.8 Å². The Labute approximate surface area is 259 Å². The third kappa shape index (κ3) is 5.79. The van der Waals surface area contributed by atoms with Crippen molar-refractivity contribution in [2.24, 2.45) is 0 Å². The third-order valence-corrected chi connectivity index (χ3v) is 9.23. The quantitative estimate of drug-likeness (QED) is 0.317. The second-order valence-corrected chi connectivity index (χ2v) is 11.8. The van der Waals surface area contributed by atoms with Crippen molar-refractivity contribution in [2.75, 3.05) is 50.5 Å². The van der Waals surface area contributed by atoms with E-state index in [0.717, 1.165) is 11.1 Å². The van der Waals surface area contributed by atoms with Gasteiger partial charge in [0.2, 0.25) is 17.7 Å². The standard InChI is InChI=1S/C33H32FN5O4S/c1-22(40)36-15-17-37(18-16-36)28(41)20-38-29(42)21-44-32(24-9-6-10-25(34)19-24)30-31(23-7-4-3-5-8-23)35-39(33(30)38)26-11-13-27(43-2)14-12-26/h3-14,19,32H,15-18,20-21H2,1-2H3. The van der Waals surface area contributed by atoms with Crippen molar-refractivity contribution in [3.8, 4) is 22.7 Å². The Balaban J connectivity index is 1.51. The van der Waals surface area contributed by atoms with Gasteiger partial charge in [-0.15, -0.1) is 11.8 Å². The van der Waals surface area contributed by atoms with Crippen molar-refractivity contribution in [3.05, 3.63) is 95.8 Å². The number of amides is 3. The molecule has 0 radical (unpaired) electrons. The van der Waals surface area contributed by atoms with Gasteiger partial charge in [-0.1, -0.05) is 42.5 Å². The number of hydrogen-bond donors (Lipinski definition) is 0. The molecule has 0 spiro atoms. The number of benzene rings is 3. The predicted molar refractivity (Wildman–Crippen MR) is 167 cm³/mol. The largest absolute Gasteiger partial charge is 0.497 e. The molecule has 0 N–H and O–H groups in total. The van der Waals surface area contributed by atoms with Crippen LogP contribution in [-0.4, -0.2) is 82.9 Å². The van der Waals surface area contributed by atoms with Crippen LogP contribution in [-0.2, 0) is 14.4 Å². The second kappa shape index (κ2) is 12.5. The van der Waals surface area contributed by atoms with Gasteiger partial charge in [0.05, 0.1) is 29.5 Å². The first-order valence-electron chi connectivity index (χ1n) is 14.4. The summed E-state index contributed by atoms with van der Waals surface area (Å²) >= 11 is 1.39. The van der Waals surface area contributed by atoms with Crippen molar-refractivity contribution in [1.29, 1.82) is 0 Å². The number of ether oxygens (including phenoxy) is 1. The molecule has 2 aliphatic heterocycles. The van der Waals surface area contributed by atoms with Crippen LogP contribution in [0.15, 0.2) is 78.9 Å². The number of rotatable bonds is 6. The van der Waals surface area contributed by atoms with Crippen molar-refractivity contribution >= 4 is 35.3 Å². The summed E-state index contributed by atoms with van der Waals surface area (Å²) < 4.78 is 21.7. The normalized spacial score (nSPS) is 16.8. The van der Waals surface area contributed by atoms with Gasteiger partial charge in [0.1, 0.15) is 23.9 Å². The minimum atomic E-state index is -0.439. The van der Waals surface area contributed by atoms with Crippen molar-refractivity contribution in [1.82, 2.24) is 19.6 Å². The highest BCUT2D eigenvalue weighted by Crippen LogP contribution is 2.48. The molecule has 1 aromatic heterocycles. The van der Waals surface area contributed by atoms with E-state index in [0.29, 0.717) is 54.7 Å². The number of aromatic nitrogens is 2. The van der Waals surface area contributed by atoms with E-state index in [1.165, 1.54) is 35.7 Å². The van der Waals surface area contributed by atoms with E-state index in [1.54, 1.807) is 27.7 Å². The molecule has 3 aromatic carbocycles. The molecule has 44 heavy (non-hydrogen) atoms. The highest BCUT2D eigenvalue weighted by Gasteiger charge is 2.38. The van der Waals surface area contributed by atoms with Crippen molar-refractivity contribution < 1.29 is 23.5 Å². The lowest BCUT2D eigenvalue weighted by molar-refractivity contribution is -0.137. The summed E-state index contributed by atoms with van der Waals surface area (Å²) in [6, 6.07) is 23.4. The Hall–Kier alpha value is -4.64. The number of thioether (sulfide) groups is 1. The topological polar surface area (TPSA) is 88.0 Å². The number of carbonyl (C=O) groups is 3. The smallest absolute Gasteiger partial charge is 0.242 e. The molecule has 0 saturated carbocycles. The van der Waals surface area contributed by atoms with Gasteiger partial charge in [-0.05, 0) is 42.0 Å². The van der Waals surface area contributed by atoms with Gasteiger partial charge in [-0.25, -0.2) is 9.07 Å². The summed E-state index contributed by atoms with van der Waals surface area (Å²) in [5, 5.41) is 4.63. The molecule has 1 saturated heterocycles. The molecule has 1 unspecified atom stereocenters.